The first-order valence-electron chi connectivity index (χ1n) is 7.09. The number of fused-ring (bicyclic) bond motifs is 1. The topological polar surface area (TPSA) is 38.2 Å². The van der Waals surface area contributed by atoms with E-state index in [1.807, 2.05) is 12.1 Å². The van der Waals surface area contributed by atoms with Crippen LogP contribution in [-0.2, 0) is 6.54 Å². The summed E-state index contributed by atoms with van der Waals surface area (Å²) in [4.78, 5) is 2.61. The van der Waals surface area contributed by atoms with Crippen LogP contribution in [0, 0.1) is 0 Å². The fourth-order valence-electron chi connectivity index (χ4n) is 3.12. The second-order valence-corrected chi connectivity index (χ2v) is 6.65. The van der Waals surface area contributed by atoms with Crippen LogP contribution in [0.15, 0.2) is 12.1 Å². The molecule has 2 atom stereocenters. The average molecular weight is 279 g/mol. The van der Waals surface area contributed by atoms with E-state index in [4.69, 9.17) is 4.74 Å². The van der Waals surface area contributed by atoms with Gasteiger partial charge in [0.05, 0.1) is 12.8 Å². The molecular formula is C14H21N3OS. The molecule has 19 heavy (non-hydrogen) atoms. The molecule has 1 aromatic rings. The van der Waals surface area contributed by atoms with Crippen molar-refractivity contribution in [2.24, 2.45) is 0 Å². The number of aromatic nitrogens is 2. The molecule has 2 fully saturated rings. The van der Waals surface area contributed by atoms with Crippen LogP contribution in [0.2, 0.25) is 0 Å². The third-order valence-electron chi connectivity index (χ3n) is 4.12. The molecule has 5 heteroatoms. The monoisotopic (exact) mass is 279 g/mol. The lowest BCUT2D eigenvalue weighted by atomic mass is 9.93. The first-order chi connectivity index (χ1) is 9.36. The summed E-state index contributed by atoms with van der Waals surface area (Å²) in [5.41, 5.74) is 1.05. The largest absolute Gasteiger partial charge is 0.480 e. The zero-order valence-electron chi connectivity index (χ0n) is 11.4. The maximum Gasteiger partial charge on any atom is 0.233 e. The summed E-state index contributed by atoms with van der Waals surface area (Å²) < 4.78 is 5.05. The Morgan fingerprint density at radius 3 is 3.00 bits per heavy atom. The van der Waals surface area contributed by atoms with Gasteiger partial charge in [0.25, 0.3) is 0 Å². The molecule has 1 aromatic heterocycles. The highest BCUT2D eigenvalue weighted by atomic mass is 32.2. The van der Waals surface area contributed by atoms with E-state index >= 15 is 0 Å². The highest BCUT2D eigenvalue weighted by Crippen LogP contribution is 2.35. The Hall–Kier alpha value is -0.810. The number of hydrogen-bond donors (Lipinski definition) is 0. The second-order valence-electron chi connectivity index (χ2n) is 5.30. The Labute approximate surface area is 118 Å². The van der Waals surface area contributed by atoms with E-state index in [1.54, 1.807) is 7.11 Å². The Morgan fingerprint density at radius 2 is 2.21 bits per heavy atom. The van der Waals surface area contributed by atoms with Crippen LogP contribution in [0.4, 0.5) is 0 Å². The predicted octanol–water partition coefficient (Wildman–Crippen LogP) is 2.35. The van der Waals surface area contributed by atoms with E-state index in [2.05, 4.69) is 26.9 Å². The van der Waals surface area contributed by atoms with Crippen molar-refractivity contribution in [2.45, 2.75) is 43.5 Å². The van der Waals surface area contributed by atoms with Gasteiger partial charge in [0.1, 0.15) is 0 Å². The van der Waals surface area contributed by atoms with Gasteiger partial charge < -0.3 is 4.74 Å². The van der Waals surface area contributed by atoms with Crippen molar-refractivity contribution < 1.29 is 4.74 Å². The molecule has 4 nitrogen and oxygen atoms in total. The van der Waals surface area contributed by atoms with Gasteiger partial charge in [-0.2, -0.15) is 16.9 Å². The molecule has 0 amide bonds. The highest BCUT2D eigenvalue weighted by molar-refractivity contribution is 8.00. The second kappa shape index (κ2) is 6.09. The fraction of sp³-hybridized carbons (Fsp3) is 0.714. The SMILES string of the molecule is COc1ccc(CN2CCSC3CCCCC32)nn1. The zero-order valence-corrected chi connectivity index (χ0v) is 12.2. The maximum absolute atomic E-state index is 5.05. The molecule has 0 radical (unpaired) electrons. The fourth-order valence-corrected chi connectivity index (χ4v) is 4.63. The Balaban J connectivity index is 1.66. The van der Waals surface area contributed by atoms with Crippen molar-refractivity contribution in [3.05, 3.63) is 17.8 Å². The minimum Gasteiger partial charge on any atom is -0.480 e. The van der Waals surface area contributed by atoms with Gasteiger partial charge in [0, 0.05) is 36.2 Å². The summed E-state index contributed by atoms with van der Waals surface area (Å²) in [7, 11) is 1.62. The summed E-state index contributed by atoms with van der Waals surface area (Å²) in [6.07, 6.45) is 5.53. The molecule has 104 valence electrons. The summed E-state index contributed by atoms with van der Waals surface area (Å²) in [5, 5.41) is 9.16. The molecular weight excluding hydrogens is 258 g/mol. The van der Waals surface area contributed by atoms with Crippen LogP contribution in [0.3, 0.4) is 0 Å². The lowest BCUT2D eigenvalue weighted by Crippen LogP contribution is -2.48. The van der Waals surface area contributed by atoms with Crippen LogP contribution in [0.1, 0.15) is 31.4 Å². The number of ether oxygens (including phenoxy) is 1. The zero-order chi connectivity index (χ0) is 13.1. The molecule has 1 aliphatic carbocycles. The van der Waals surface area contributed by atoms with Crippen LogP contribution < -0.4 is 4.74 Å². The van der Waals surface area contributed by atoms with Gasteiger partial charge in [-0.25, -0.2) is 0 Å². The number of hydrogen-bond acceptors (Lipinski definition) is 5. The van der Waals surface area contributed by atoms with Crippen LogP contribution >= 0.6 is 11.8 Å². The third kappa shape index (κ3) is 3.03. The smallest absolute Gasteiger partial charge is 0.233 e. The van der Waals surface area contributed by atoms with Crippen molar-refractivity contribution in [2.75, 3.05) is 19.4 Å². The Morgan fingerprint density at radius 1 is 1.32 bits per heavy atom. The first kappa shape index (κ1) is 13.2. The van der Waals surface area contributed by atoms with E-state index in [0.29, 0.717) is 5.88 Å². The summed E-state index contributed by atoms with van der Waals surface area (Å²) in [5.74, 6) is 1.85. The van der Waals surface area contributed by atoms with Crippen LogP contribution in [0.5, 0.6) is 5.88 Å². The molecule has 2 heterocycles. The van der Waals surface area contributed by atoms with Crippen molar-refractivity contribution in [3.8, 4) is 5.88 Å². The van der Waals surface area contributed by atoms with Gasteiger partial charge in [-0.3, -0.25) is 4.90 Å². The minimum absolute atomic E-state index is 0.591. The standard InChI is InChI=1S/C14H21N3OS/c1-18-14-7-6-11(15-16-14)10-17-8-9-19-13-5-3-2-4-12(13)17/h6-7,12-13H,2-5,8-10H2,1H3. The van der Waals surface area contributed by atoms with Crippen molar-refractivity contribution in [1.29, 1.82) is 0 Å². The highest BCUT2D eigenvalue weighted by Gasteiger charge is 2.33. The first-order valence-corrected chi connectivity index (χ1v) is 8.14. The Kier molecular flexibility index (Phi) is 4.23. The molecule has 3 rings (SSSR count). The normalized spacial score (nSPS) is 27.8. The van der Waals surface area contributed by atoms with E-state index < -0.39 is 0 Å². The molecule has 1 saturated heterocycles. The number of rotatable bonds is 3. The molecule has 0 spiro atoms. The number of thioether (sulfide) groups is 1. The van der Waals surface area contributed by atoms with E-state index in [9.17, 15) is 0 Å². The third-order valence-corrected chi connectivity index (χ3v) is 5.51. The van der Waals surface area contributed by atoms with Crippen molar-refractivity contribution >= 4 is 11.8 Å². The molecule has 2 unspecified atom stereocenters. The minimum atomic E-state index is 0.591. The van der Waals surface area contributed by atoms with Gasteiger partial charge in [0.15, 0.2) is 0 Å². The molecule has 1 saturated carbocycles. The van der Waals surface area contributed by atoms with Crippen molar-refractivity contribution in [1.82, 2.24) is 15.1 Å². The van der Waals surface area contributed by atoms with Gasteiger partial charge in [-0.1, -0.05) is 12.8 Å². The van der Waals surface area contributed by atoms with Gasteiger partial charge in [-0.15, -0.1) is 5.10 Å². The van der Waals surface area contributed by atoms with Gasteiger partial charge in [-0.05, 0) is 18.9 Å². The van der Waals surface area contributed by atoms with Gasteiger partial charge in [0.2, 0.25) is 5.88 Å². The molecule has 0 N–H and O–H groups in total. The lowest BCUT2D eigenvalue weighted by molar-refractivity contribution is 0.153. The number of methoxy groups -OCH3 is 1. The summed E-state index contributed by atoms with van der Waals surface area (Å²) in [6, 6.07) is 4.68. The molecule has 1 aliphatic heterocycles. The van der Waals surface area contributed by atoms with Gasteiger partial charge >= 0.3 is 0 Å². The Bertz CT molecular complexity index is 410. The average Bonchev–Trinajstić information content (AvgIpc) is 2.48. The van der Waals surface area contributed by atoms with E-state index in [1.165, 1.54) is 38.0 Å². The molecule has 2 aliphatic rings. The van der Waals surface area contributed by atoms with Crippen LogP contribution in [0.25, 0.3) is 0 Å². The van der Waals surface area contributed by atoms with E-state index in [-0.39, 0.29) is 0 Å². The summed E-state index contributed by atoms with van der Waals surface area (Å²) >= 11 is 2.17. The predicted molar refractivity (Wildman–Crippen MR) is 77.5 cm³/mol. The molecule has 0 bridgehead atoms. The summed E-state index contributed by atoms with van der Waals surface area (Å²) in [6.45, 7) is 2.11. The number of nitrogens with zero attached hydrogens (tertiary/aromatic N) is 3. The molecule has 0 aromatic carbocycles. The van der Waals surface area contributed by atoms with Crippen molar-refractivity contribution in [3.63, 3.8) is 0 Å². The van der Waals surface area contributed by atoms with Crippen LogP contribution in [-0.4, -0.2) is 45.8 Å². The lowest BCUT2D eigenvalue weighted by Gasteiger charge is -2.43. The quantitative estimate of drug-likeness (QED) is 0.849. The van der Waals surface area contributed by atoms with E-state index in [0.717, 1.165) is 23.5 Å². The maximum atomic E-state index is 5.05.